The number of carbonyl (C=O) groups is 1. The molecule has 0 saturated heterocycles. The van der Waals surface area contributed by atoms with E-state index < -0.39 is 0 Å². The number of benzene rings is 3. The first-order chi connectivity index (χ1) is 17.4. The lowest BCUT2D eigenvalue weighted by atomic mass is 10.1. The Hall–Kier alpha value is -4.06. The van der Waals surface area contributed by atoms with E-state index in [2.05, 4.69) is 5.32 Å². The number of rotatable bonds is 9. The molecule has 0 unspecified atom stereocenters. The first-order valence-electron chi connectivity index (χ1n) is 12.3. The molecule has 4 aromatic rings. The van der Waals surface area contributed by atoms with Crippen LogP contribution in [0.5, 0.6) is 11.5 Å². The van der Waals surface area contributed by atoms with Crippen LogP contribution < -0.4 is 14.8 Å². The Morgan fingerprint density at radius 1 is 0.944 bits per heavy atom. The van der Waals surface area contributed by atoms with Crippen molar-refractivity contribution >= 4 is 5.91 Å². The minimum atomic E-state index is -0.226. The van der Waals surface area contributed by atoms with Crippen LogP contribution in [0.25, 0.3) is 22.6 Å². The van der Waals surface area contributed by atoms with Crippen LogP contribution in [0.3, 0.4) is 0 Å². The quantitative estimate of drug-likeness (QED) is 0.284. The third kappa shape index (κ3) is 5.43. The van der Waals surface area contributed by atoms with E-state index in [1.54, 1.807) is 7.11 Å². The summed E-state index contributed by atoms with van der Waals surface area (Å²) in [5, 5.41) is 3.17. The molecule has 4 rings (SSSR count). The summed E-state index contributed by atoms with van der Waals surface area (Å²) in [5.41, 5.74) is 3.89. The molecule has 6 heteroatoms. The molecule has 36 heavy (non-hydrogen) atoms. The monoisotopic (exact) mass is 485 g/mol. The number of imidazole rings is 1. The Balaban J connectivity index is 0.00000380. The van der Waals surface area contributed by atoms with Crippen LogP contribution in [-0.4, -0.2) is 28.7 Å². The standard InChI is InChI=1S/C30H33N3O3.H2/c1-6-33-28(30(34)31-21(4)23-14-10-16-25(18-23)35-5)27(32-29(33)22-12-8-7-9-13-22)24-15-11-17-26(19-24)36-20(2)3;/h7-21H,6H2,1-5H3,(H,31,34);1H/t21-;/m1./s1. The SMILES string of the molecule is CCn1c(-c2ccccc2)nc(-c2cccc(OC(C)C)c2)c1C(=O)N[C@H](C)c1cccc(OC)c1.[HH]. The highest BCUT2D eigenvalue weighted by molar-refractivity contribution is 6.00. The van der Waals surface area contributed by atoms with E-state index in [1.165, 1.54) is 0 Å². The summed E-state index contributed by atoms with van der Waals surface area (Å²) < 4.78 is 13.3. The fourth-order valence-corrected chi connectivity index (χ4v) is 4.25. The van der Waals surface area contributed by atoms with Crippen LogP contribution in [0.15, 0.2) is 78.9 Å². The van der Waals surface area contributed by atoms with Crippen LogP contribution in [0.2, 0.25) is 0 Å². The highest BCUT2D eigenvalue weighted by atomic mass is 16.5. The molecule has 1 N–H and O–H groups in total. The third-order valence-electron chi connectivity index (χ3n) is 5.95. The molecule has 0 radical (unpaired) electrons. The number of carbonyl (C=O) groups excluding carboxylic acids is 1. The van der Waals surface area contributed by atoms with Crippen molar-refractivity contribution in [2.45, 2.75) is 46.4 Å². The lowest BCUT2D eigenvalue weighted by Gasteiger charge is -2.17. The number of ether oxygens (including phenoxy) is 2. The minimum Gasteiger partial charge on any atom is -0.497 e. The molecule has 188 valence electrons. The normalized spacial score (nSPS) is 11.8. The molecule has 0 aliphatic rings. The summed E-state index contributed by atoms with van der Waals surface area (Å²) in [5.74, 6) is 2.06. The molecule has 0 aliphatic heterocycles. The Kier molecular flexibility index (Phi) is 7.74. The van der Waals surface area contributed by atoms with Gasteiger partial charge in [-0.2, -0.15) is 0 Å². The number of nitrogens with one attached hydrogen (secondary N) is 1. The van der Waals surface area contributed by atoms with Gasteiger partial charge in [-0.05, 0) is 57.5 Å². The zero-order chi connectivity index (χ0) is 25.7. The van der Waals surface area contributed by atoms with Gasteiger partial charge in [0.1, 0.15) is 28.7 Å². The first-order valence-corrected chi connectivity index (χ1v) is 12.3. The summed E-state index contributed by atoms with van der Waals surface area (Å²) in [7, 11) is 1.64. The van der Waals surface area contributed by atoms with Crippen molar-refractivity contribution in [1.82, 2.24) is 14.9 Å². The maximum absolute atomic E-state index is 13.8. The van der Waals surface area contributed by atoms with Gasteiger partial charge in [-0.15, -0.1) is 0 Å². The van der Waals surface area contributed by atoms with E-state index in [4.69, 9.17) is 14.5 Å². The molecule has 1 heterocycles. The smallest absolute Gasteiger partial charge is 0.270 e. The molecule has 0 aliphatic carbocycles. The van der Waals surface area contributed by atoms with Gasteiger partial charge in [-0.3, -0.25) is 4.79 Å². The van der Waals surface area contributed by atoms with Gasteiger partial charge < -0.3 is 19.4 Å². The number of nitrogens with zero attached hydrogens (tertiary/aromatic N) is 2. The van der Waals surface area contributed by atoms with E-state index in [1.807, 2.05) is 111 Å². The molecule has 0 saturated carbocycles. The third-order valence-corrected chi connectivity index (χ3v) is 5.95. The zero-order valence-corrected chi connectivity index (χ0v) is 21.5. The van der Waals surface area contributed by atoms with Crippen molar-refractivity contribution in [3.63, 3.8) is 0 Å². The molecule has 1 amide bonds. The second-order valence-corrected chi connectivity index (χ2v) is 8.91. The second kappa shape index (κ2) is 11.1. The summed E-state index contributed by atoms with van der Waals surface area (Å²) in [4.78, 5) is 18.8. The van der Waals surface area contributed by atoms with Crippen molar-refractivity contribution in [2.75, 3.05) is 7.11 Å². The summed E-state index contributed by atoms with van der Waals surface area (Å²) in [6.07, 6.45) is 0.0415. The van der Waals surface area contributed by atoms with Crippen LogP contribution in [0.4, 0.5) is 0 Å². The Morgan fingerprint density at radius 2 is 1.64 bits per heavy atom. The van der Waals surface area contributed by atoms with E-state index in [9.17, 15) is 4.79 Å². The lowest BCUT2D eigenvalue weighted by Crippen LogP contribution is -2.29. The number of methoxy groups -OCH3 is 1. The van der Waals surface area contributed by atoms with Crippen LogP contribution in [0.1, 0.15) is 51.2 Å². The lowest BCUT2D eigenvalue weighted by molar-refractivity contribution is 0.0931. The first kappa shape index (κ1) is 25.0. The molecule has 0 bridgehead atoms. The largest absolute Gasteiger partial charge is 0.497 e. The summed E-state index contributed by atoms with van der Waals surface area (Å²) in [6, 6.07) is 25.2. The van der Waals surface area contributed by atoms with E-state index >= 15 is 0 Å². The maximum atomic E-state index is 13.8. The molecule has 1 atom stereocenters. The number of hydrogen-bond acceptors (Lipinski definition) is 4. The molecular formula is C30H35N3O3. The van der Waals surface area contributed by atoms with Crippen molar-refractivity contribution in [1.29, 1.82) is 0 Å². The highest BCUT2D eigenvalue weighted by Crippen LogP contribution is 2.32. The molecule has 1 aromatic heterocycles. The van der Waals surface area contributed by atoms with Gasteiger partial charge in [0.25, 0.3) is 5.91 Å². The Morgan fingerprint density at radius 3 is 2.33 bits per heavy atom. The van der Waals surface area contributed by atoms with Crippen molar-refractivity contribution in [3.8, 4) is 34.1 Å². The average Bonchev–Trinajstić information content (AvgIpc) is 3.29. The topological polar surface area (TPSA) is 65.4 Å². The van der Waals surface area contributed by atoms with Gasteiger partial charge in [0.15, 0.2) is 0 Å². The average molecular weight is 486 g/mol. The van der Waals surface area contributed by atoms with Gasteiger partial charge >= 0.3 is 0 Å². The van der Waals surface area contributed by atoms with Gasteiger partial charge in [0.05, 0.1) is 19.3 Å². The van der Waals surface area contributed by atoms with Gasteiger partial charge in [-0.25, -0.2) is 4.98 Å². The van der Waals surface area contributed by atoms with Crippen LogP contribution in [-0.2, 0) is 6.54 Å². The zero-order valence-electron chi connectivity index (χ0n) is 21.5. The maximum Gasteiger partial charge on any atom is 0.270 e. The van der Waals surface area contributed by atoms with Gasteiger partial charge in [0.2, 0.25) is 0 Å². The van der Waals surface area contributed by atoms with Crippen molar-refractivity contribution in [3.05, 3.63) is 90.1 Å². The van der Waals surface area contributed by atoms with Gasteiger partial charge in [0, 0.05) is 19.1 Å². The highest BCUT2D eigenvalue weighted by Gasteiger charge is 2.26. The van der Waals surface area contributed by atoms with E-state index in [0.29, 0.717) is 17.9 Å². The molecule has 6 nitrogen and oxygen atoms in total. The van der Waals surface area contributed by atoms with Gasteiger partial charge in [-0.1, -0.05) is 54.6 Å². The Bertz CT molecular complexity index is 1340. The van der Waals surface area contributed by atoms with E-state index in [0.717, 1.165) is 34.0 Å². The molecule has 0 fully saturated rings. The minimum absolute atomic E-state index is 0. The van der Waals surface area contributed by atoms with Crippen molar-refractivity contribution in [2.24, 2.45) is 0 Å². The van der Waals surface area contributed by atoms with Crippen LogP contribution in [0, 0.1) is 0 Å². The fourth-order valence-electron chi connectivity index (χ4n) is 4.25. The number of aromatic nitrogens is 2. The van der Waals surface area contributed by atoms with Crippen molar-refractivity contribution < 1.29 is 15.7 Å². The Labute approximate surface area is 214 Å². The number of amides is 1. The molecule has 0 spiro atoms. The number of hydrogen-bond donors (Lipinski definition) is 1. The van der Waals surface area contributed by atoms with Crippen LogP contribution >= 0.6 is 0 Å². The summed E-state index contributed by atoms with van der Waals surface area (Å²) >= 11 is 0. The summed E-state index contributed by atoms with van der Waals surface area (Å²) in [6.45, 7) is 8.57. The fraction of sp³-hybridized carbons (Fsp3) is 0.267. The molecular weight excluding hydrogens is 450 g/mol. The van der Waals surface area contributed by atoms with E-state index in [-0.39, 0.29) is 19.5 Å². The predicted octanol–water partition coefficient (Wildman–Crippen LogP) is 6.77. The predicted molar refractivity (Wildman–Crippen MR) is 146 cm³/mol. The second-order valence-electron chi connectivity index (χ2n) is 8.91. The molecule has 3 aromatic carbocycles.